The highest BCUT2D eigenvalue weighted by molar-refractivity contribution is 5.79. The lowest BCUT2D eigenvalue weighted by Gasteiger charge is -2.18. The third kappa shape index (κ3) is 5.08. The van der Waals surface area contributed by atoms with E-state index < -0.39 is 0 Å². The number of aliphatic imine (C=N–C) groups is 1. The standard InChI is InChI=1S/C14H24N4/c1-4-15-14(16-5-2)17-11-12-18(3)13-9-7-6-8-10-13/h6-10H,4-5,11-12H2,1-3H3,(H2,15,16,17). The minimum Gasteiger partial charge on any atom is -0.373 e. The van der Waals surface area contributed by atoms with E-state index in [0.29, 0.717) is 0 Å². The molecule has 4 heteroatoms. The molecule has 1 aromatic rings. The lowest BCUT2D eigenvalue weighted by atomic mass is 10.3. The van der Waals surface area contributed by atoms with E-state index in [1.165, 1.54) is 5.69 Å². The quantitative estimate of drug-likeness (QED) is 0.594. The predicted molar refractivity (Wildman–Crippen MR) is 79.4 cm³/mol. The van der Waals surface area contributed by atoms with Crippen molar-refractivity contribution in [2.75, 3.05) is 38.1 Å². The SMILES string of the molecule is CCNC(=NCCN(C)c1ccccc1)NCC. The smallest absolute Gasteiger partial charge is 0.191 e. The molecule has 0 bridgehead atoms. The molecule has 0 amide bonds. The van der Waals surface area contributed by atoms with Crippen molar-refractivity contribution in [2.24, 2.45) is 4.99 Å². The van der Waals surface area contributed by atoms with Gasteiger partial charge in [0.1, 0.15) is 0 Å². The van der Waals surface area contributed by atoms with Crippen molar-refractivity contribution in [3.8, 4) is 0 Å². The summed E-state index contributed by atoms with van der Waals surface area (Å²) in [5.41, 5.74) is 1.22. The highest BCUT2D eigenvalue weighted by Crippen LogP contribution is 2.09. The van der Waals surface area contributed by atoms with Crippen LogP contribution in [0.2, 0.25) is 0 Å². The molecule has 0 aromatic heterocycles. The molecule has 0 spiro atoms. The Hall–Kier alpha value is -1.71. The van der Waals surface area contributed by atoms with Crippen LogP contribution in [0.25, 0.3) is 0 Å². The number of likely N-dealkylation sites (N-methyl/N-ethyl adjacent to an activating group) is 1. The average Bonchev–Trinajstić information content (AvgIpc) is 2.40. The molecule has 0 radical (unpaired) electrons. The van der Waals surface area contributed by atoms with Gasteiger partial charge in [0, 0.05) is 32.4 Å². The molecule has 1 aromatic carbocycles. The maximum atomic E-state index is 4.52. The summed E-state index contributed by atoms with van der Waals surface area (Å²) in [5.74, 6) is 0.890. The summed E-state index contributed by atoms with van der Waals surface area (Å²) in [4.78, 5) is 6.73. The molecule has 18 heavy (non-hydrogen) atoms. The number of nitrogens with one attached hydrogen (secondary N) is 2. The molecule has 0 fully saturated rings. The van der Waals surface area contributed by atoms with Crippen LogP contribution < -0.4 is 15.5 Å². The van der Waals surface area contributed by atoms with Crippen LogP contribution in [0.3, 0.4) is 0 Å². The zero-order valence-electron chi connectivity index (χ0n) is 11.6. The van der Waals surface area contributed by atoms with Gasteiger partial charge in [0.2, 0.25) is 0 Å². The molecule has 0 saturated heterocycles. The van der Waals surface area contributed by atoms with E-state index in [4.69, 9.17) is 0 Å². The van der Waals surface area contributed by atoms with Crippen molar-refractivity contribution in [1.29, 1.82) is 0 Å². The summed E-state index contributed by atoms with van der Waals surface area (Å²) in [6.45, 7) is 7.61. The van der Waals surface area contributed by atoms with E-state index >= 15 is 0 Å². The van der Waals surface area contributed by atoms with Gasteiger partial charge in [0.05, 0.1) is 6.54 Å². The lowest BCUT2D eigenvalue weighted by molar-refractivity contribution is 0.821. The first-order valence-corrected chi connectivity index (χ1v) is 6.56. The maximum Gasteiger partial charge on any atom is 0.191 e. The fourth-order valence-electron chi connectivity index (χ4n) is 1.63. The third-order valence-corrected chi connectivity index (χ3v) is 2.59. The molecule has 0 aliphatic rings. The van der Waals surface area contributed by atoms with Crippen LogP contribution >= 0.6 is 0 Å². The van der Waals surface area contributed by atoms with Crippen molar-refractivity contribution in [2.45, 2.75) is 13.8 Å². The van der Waals surface area contributed by atoms with Gasteiger partial charge in [-0.2, -0.15) is 0 Å². The van der Waals surface area contributed by atoms with Gasteiger partial charge < -0.3 is 15.5 Å². The minimum absolute atomic E-state index is 0.778. The number of benzene rings is 1. The zero-order valence-corrected chi connectivity index (χ0v) is 11.6. The Bertz CT molecular complexity index is 340. The molecule has 0 aliphatic heterocycles. The van der Waals surface area contributed by atoms with E-state index in [0.717, 1.165) is 32.1 Å². The Morgan fingerprint density at radius 1 is 1.11 bits per heavy atom. The second-order valence-electron chi connectivity index (χ2n) is 4.05. The summed E-state index contributed by atoms with van der Waals surface area (Å²) >= 11 is 0. The molecule has 2 N–H and O–H groups in total. The number of hydrogen-bond donors (Lipinski definition) is 2. The number of anilines is 1. The summed E-state index contributed by atoms with van der Waals surface area (Å²) in [5, 5.41) is 6.43. The predicted octanol–water partition coefficient (Wildman–Crippen LogP) is 1.70. The van der Waals surface area contributed by atoms with Crippen molar-refractivity contribution in [3.63, 3.8) is 0 Å². The molecule has 100 valence electrons. The van der Waals surface area contributed by atoms with E-state index in [9.17, 15) is 0 Å². The fraction of sp³-hybridized carbons (Fsp3) is 0.500. The van der Waals surface area contributed by atoms with E-state index in [-0.39, 0.29) is 0 Å². The van der Waals surface area contributed by atoms with Gasteiger partial charge >= 0.3 is 0 Å². The average molecular weight is 248 g/mol. The van der Waals surface area contributed by atoms with Crippen LogP contribution in [-0.2, 0) is 0 Å². The summed E-state index contributed by atoms with van der Waals surface area (Å²) in [7, 11) is 2.09. The molecule has 0 aliphatic carbocycles. The lowest BCUT2D eigenvalue weighted by Crippen LogP contribution is -2.37. The summed E-state index contributed by atoms with van der Waals surface area (Å²) in [6.07, 6.45) is 0. The van der Waals surface area contributed by atoms with Gasteiger partial charge in [-0.3, -0.25) is 4.99 Å². The molecule has 0 unspecified atom stereocenters. The summed E-state index contributed by atoms with van der Waals surface area (Å²) < 4.78 is 0. The molecular weight excluding hydrogens is 224 g/mol. The molecule has 0 saturated carbocycles. The molecule has 4 nitrogen and oxygen atoms in total. The van der Waals surface area contributed by atoms with Crippen LogP contribution in [0.5, 0.6) is 0 Å². The Morgan fingerprint density at radius 3 is 2.28 bits per heavy atom. The van der Waals surface area contributed by atoms with Gasteiger partial charge in [-0.1, -0.05) is 18.2 Å². The van der Waals surface area contributed by atoms with Crippen molar-refractivity contribution < 1.29 is 0 Å². The highest BCUT2D eigenvalue weighted by Gasteiger charge is 1.99. The summed E-state index contributed by atoms with van der Waals surface area (Å²) in [6, 6.07) is 10.4. The number of rotatable bonds is 6. The topological polar surface area (TPSA) is 39.7 Å². The van der Waals surface area contributed by atoms with Gasteiger partial charge in [0.25, 0.3) is 0 Å². The van der Waals surface area contributed by atoms with Gasteiger partial charge in [-0.25, -0.2) is 0 Å². The molecule has 1 rings (SSSR count). The largest absolute Gasteiger partial charge is 0.373 e. The fourth-order valence-corrected chi connectivity index (χ4v) is 1.63. The second-order valence-corrected chi connectivity index (χ2v) is 4.05. The van der Waals surface area contributed by atoms with Crippen LogP contribution in [-0.4, -0.2) is 39.2 Å². The van der Waals surface area contributed by atoms with Crippen molar-refractivity contribution >= 4 is 11.6 Å². The Labute approximate surface area is 110 Å². The normalized spacial score (nSPS) is 9.72. The van der Waals surface area contributed by atoms with Crippen LogP contribution in [0.15, 0.2) is 35.3 Å². The van der Waals surface area contributed by atoms with Gasteiger partial charge in [0.15, 0.2) is 5.96 Å². The Kier molecular flexibility index (Phi) is 6.69. The highest BCUT2D eigenvalue weighted by atomic mass is 15.2. The molecule has 0 heterocycles. The molecular formula is C14H24N4. The van der Waals surface area contributed by atoms with E-state index in [1.807, 2.05) is 6.07 Å². The second kappa shape index (κ2) is 8.39. The maximum absolute atomic E-state index is 4.52. The third-order valence-electron chi connectivity index (χ3n) is 2.59. The first kappa shape index (κ1) is 14.4. The zero-order chi connectivity index (χ0) is 13.2. The van der Waals surface area contributed by atoms with Crippen LogP contribution in [0, 0.1) is 0 Å². The van der Waals surface area contributed by atoms with E-state index in [2.05, 4.69) is 65.7 Å². The van der Waals surface area contributed by atoms with Crippen molar-refractivity contribution in [3.05, 3.63) is 30.3 Å². The number of hydrogen-bond acceptors (Lipinski definition) is 2. The van der Waals surface area contributed by atoms with Gasteiger partial charge in [-0.05, 0) is 26.0 Å². The number of guanidine groups is 1. The minimum atomic E-state index is 0.778. The first-order valence-electron chi connectivity index (χ1n) is 6.56. The van der Waals surface area contributed by atoms with Gasteiger partial charge in [-0.15, -0.1) is 0 Å². The monoisotopic (exact) mass is 248 g/mol. The van der Waals surface area contributed by atoms with Crippen molar-refractivity contribution in [1.82, 2.24) is 10.6 Å². The number of para-hydroxylation sites is 1. The first-order chi connectivity index (χ1) is 8.77. The Morgan fingerprint density at radius 2 is 1.72 bits per heavy atom. The van der Waals surface area contributed by atoms with E-state index in [1.54, 1.807) is 0 Å². The number of nitrogens with zero attached hydrogens (tertiary/aromatic N) is 2. The molecule has 0 atom stereocenters. The van der Waals surface area contributed by atoms with Crippen LogP contribution in [0.1, 0.15) is 13.8 Å². The Balaban J connectivity index is 2.42. The van der Waals surface area contributed by atoms with Crippen LogP contribution in [0.4, 0.5) is 5.69 Å².